The van der Waals surface area contributed by atoms with E-state index in [-0.39, 0.29) is 94.5 Å². The van der Waals surface area contributed by atoms with E-state index in [4.69, 9.17) is 0 Å². The second-order valence-corrected chi connectivity index (χ2v) is 13.7. The molecule has 4 aromatic rings. The summed E-state index contributed by atoms with van der Waals surface area (Å²) < 4.78 is 133. The van der Waals surface area contributed by atoms with Gasteiger partial charge in [0.25, 0.3) is 0 Å². The fraction of sp³-hybridized carbons (Fsp3) is 0.316. The van der Waals surface area contributed by atoms with Crippen molar-refractivity contribution in [2.24, 2.45) is 9.98 Å². The van der Waals surface area contributed by atoms with E-state index in [0.717, 1.165) is 23.6 Å². The quantitative estimate of drug-likeness (QED) is 0.0609. The number of para-hydroxylation sites is 2. The van der Waals surface area contributed by atoms with Crippen LogP contribution in [0.3, 0.4) is 0 Å². The van der Waals surface area contributed by atoms with Gasteiger partial charge < -0.3 is 10.2 Å². The second kappa shape index (κ2) is 21.1. The summed E-state index contributed by atoms with van der Waals surface area (Å²) in [4.78, 5) is 6.76. The standard InChI is InChI=1S/2C19H18F5NO.2ClH.Ti/c2*1-19(2,3)11-8-4-6-10(18(11)26)7-5-9-25-17-15(23)13(21)12(20)14(22)16(17)24;;;/h2*4,6,8-9,26H,5,7H2,1-3H3;2*1H;. The molecule has 0 aliphatic rings. The molecule has 17 heteroatoms. The first-order valence-electron chi connectivity index (χ1n) is 15.8. The van der Waals surface area contributed by atoms with Crippen molar-refractivity contribution in [2.45, 2.75) is 78.1 Å². The minimum atomic E-state index is -2.22. The van der Waals surface area contributed by atoms with Gasteiger partial charge in [0, 0.05) is 34.1 Å². The molecule has 4 rings (SSSR count). The van der Waals surface area contributed by atoms with Gasteiger partial charge in [-0.1, -0.05) is 77.9 Å². The van der Waals surface area contributed by atoms with Gasteiger partial charge in [-0.25, -0.2) is 43.9 Å². The van der Waals surface area contributed by atoms with E-state index < -0.39 is 69.5 Å². The molecule has 0 fully saturated rings. The molecule has 0 heterocycles. The van der Waals surface area contributed by atoms with Gasteiger partial charge in [0.1, 0.15) is 22.9 Å². The van der Waals surface area contributed by atoms with Crippen LogP contribution >= 0.6 is 24.8 Å². The van der Waals surface area contributed by atoms with E-state index in [0.29, 0.717) is 11.1 Å². The number of aromatic hydroxyl groups is 2. The molecule has 0 unspecified atom stereocenters. The van der Waals surface area contributed by atoms with Crippen LogP contribution in [0.25, 0.3) is 0 Å². The summed E-state index contributed by atoms with van der Waals surface area (Å²) in [5, 5.41) is 20.7. The van der Waals surface area contributed by atoms with Gasteiger partial charge in [-0.2, -0.15) is 0 Å². The normalized spacial score (nSPS) is 11.5. The van der Waals surface area contributed by atoms with Crippen LogP contribution in [-0.4, -0.2) is 22.6 Å². The van der Waals surface area contributed by atoms with Gasteiger partial charge in [-0.3, -0.25) is 9.98 Å². The van der Waals surface area contributed by atoms with Crippen LogP contribution in [0, 0.1) is 58.2 Å². The predicted molar refractivity (Wildman–Crippen MR) is 194 cm³/mol. The van der Waals surface area contributed by atoms with E-state index in [9.17, 15) is 54.1 Å². The summed E-state index contributed by atoms with van der Waals surface area (Å²) in [5.74, 6) is -20.3. The summed E-state index contributed by atoms with van der Waals surface area (Å²) in [6.07, 6.45) is 2.97. The smallest absolute Gasteiger partial charge is 0.200 e. The van der Waals surface area contributed by atoms with Crippen molar-refractivity contribution in [1.82, 2.24) is 0 Å². The molecule has 300 valence electrons. The number of phenolic OH excluding ortho intramolecular Hbond substituents is 2. The first kappa shape index (κ1) is 51.4. The molecular weight excluding hydrogens is 825 g/mol. The van der Waals surface area contributed by atoms with Crippen LogP contribution in [-0.2, 0) is 45.4 Å². The summed E-state index contributed by atoms with van der Waals surface area (Å²) >= 11 is 0. The fourth-order valence-electron chi connectivity index (χ4n) is 4.96. The molecule has 0 saturated heterocycles. The minimum Gasteiger partial charge on any atom is -0.507 e. The third kappa shape index (κ3) is 12.2. The molecule has 4 aromatic carbocycles. The fourth-order valence-corrected chi connectivity index (χ4v) is 4.96. The Labute approximate surface area is 339 Å². The molecule has 0 amide bonds. The SMILES string of the molecule is CC(C)(C)c1cccc(CCC=Nc2c(F)c(F)c(F)c(F)c2F)c1O.CC(C)(C)c1cccc(CCC=Nc2c(F)c(F)c(F)c(F)c2F)c1O.Cl.Cl.[Ti]. The molecule has 4 nitrogen and oxygen atoms in total. The average molecular weight is 863 g/mol. The summed E-state index contributed by atoms with van der Waals surface area (Å²) in [6.45, 7) is 11.6. The van der Waals surface area contributed by atoms with Crippen molar-refractivity contribution in [1.29, 1.82) is 0 Å². The Morgan fingerprint density at radius 1 is 0.473 bits per heavy atom. The van der Waals surface area contributed by atoms with Crippen LogP contribution < -0.4 is 0 Å². The van der Waals surface area contributed by atoms with Crippen molar-refractivity contribution in [3.8, 4) is 11.5 Å². The van der Waals surface area contributed by atoms with Crippen LogP contribution in [0.15, 0.2) is 46.4 Å². The molecule has 2 N–H and O–H groups in total. The van der Waals surface area contributed by atoms with Crippen molar-refractivity contribution in [3.05, 3.63) is 117 Å². The average Bonchev–Trinajstić information content (AvgIpc) is 3.08. The summed E-state index contributed by atoms with van der Waals surface area (Å²) in [6, 6.07) is 10.5. The molecule has 55 heavy (non-hydrogen) atoms. The zero-order valence-corrected chi connectivity index (χ0v) is 33.5. The number of halogens is 12. The van der Waals surface area contributed by atoms with Gasteiger partial charge in [-0.05, 0) is 58.8 Å². The third-order valence-electron chi connectivity index (χ3n) is 7.75. The van der Waals surface area contributed by atoms with Crippen molar-refractivity contribution < 1.29 is 75.8 Å². The minimum absolute atomic E-state index is 0. The molecule has 0 spiro atoms. The molecule has 0 aliphatic carbocycles. The monoisotopic (exact) mass is 862 g/mol. The zero-order valence-electron chi connectivity index (χ0n) is 30.3. The number of nitrogens with zero attached hydrogens (tertiary/aromatic N) is 2. The Morgan fingerprint density at radius 2 is 0.727 bits per heavy atom. The van der Waals surface area contributed by atoms with Gasteiger partial charge in [0.15, 0.2) is 46.5 Å². The number of hydrogen-bond acceptors (Lipinski definition) is 4. The van der Waals surface area contributed by atoms with Crippen molar-refractivity contribution in [3.63, 3.8) is 0 Å². The second-order valence-electron chi connectivity index (χ2n) is 13.7. The summed E-state index contributed by atoms with van der Waals surface area (Å²) in [7, 11) is 0. The van der Waals surface area contributed by atoms with E-state index in [1.807, 2.05) is 41.5 Å². The molecule has 0 atom stereocenters. The molecular formula is C38H38Cl2F10N2O2Ti. The van der Waals surface area contributed by atoms with E-state index in [2.05, 4.69) is 9.98 Å². The molecule has 0 aliphatic heterocycles. The van der Waals surface area contributed by atoms with Gasteiger partial charge in [0.2, 0.25) is 11.6 Å². The Balaban J connectivity index is 0.00000101. The number of benzene rings is 4. The maximum Gasteiger partial charge on any atom is 0.200 e. The zero-order chi connectivity index (χ0) is 39.3. The summed E-state index contributed by atoms with van der Waals surface area (Å²) in [5.41, 5.74) is -0.322. The Hall–Kier alpha value is -3.59. The van der Waals surface area contributed by atoms with Crippen LogP contribution in [0.2, 0.25) is 0 Å². The van der Waals surface area contributed by atoms with Crippen LogP contribution in [0.1, 0.15) is 76.6 Å². The number of aliphatic imine (C=N–C) groups is 2. The number of rotatable bonds is 8. The van der Waals surface area contributed by atoms with Gasteiger partial charge >= 0.3 is 0 Å². The number of phenols is 2. The van der Waals surface area contributed by atoms with E-state index in [1.54, 1.807) is 36.4 Å². The van der Waals surface area contributed by atoms with Crippen molar-refractivity contribution >= 4 is 48.6 Å². The maximum atomic E-state index is 13.5. The third-order valence-corrected chi connectivity index (χ3v) is 7.75. The molecule has 0 aromatic heterocycles. The molecule has 0 saturated carbocycles. The molecule has 0 radical (unpaired) electrons. The predicted octanol–water partition coefficient (Wildman–Crippen LogP) is 12.3. The Bertz CT molecular complexity index is 1820. The largest absolute Gasteiger partial charge is 0.507 e. The number of aryl methyl sites for hydroxylation is 2. The van der Waals surface area contributed by atoms with Gasteiger partial charge in [0.05, 0.1) is 0 Å². The van der Waals surface area contributed by atoms with E-state index >= 15 is 0 Å². The van der Waals surface area contributed by atoms with Gasteiger partial charge in [-0.15, -0.1) is 24.8 Å². The first-order chi connectivity index (χ1) is 24.1. The number of hydrogen-bond donors (Lipinski definition) is 2. The van der Waals surface area contributed by atoms with Crippen LogP contribution in [0.5, 0.6) is 11.5 Å². The maximum absolute atomic E-state index is 13.5. The Morgan fingerprint density at radius 3 is 0.982 bits per heavy atom. The molecule has 0 bridgehead atoms. The van der Waals surface area contributed by atoms with E-state index in [1.165, 1.54) is 0 Å². The topological polar surface area (TPSA) is 65.2 Å². The van der Waals surface area contributed by atoms with Crippen LogP contribution in [0.4, 0.5) is 55.3 Å². The first-order valence-corrected chi connectivity index (χ1v) is 15.8. The van der Waals surface area contributed by atoms with Crippen molar-refractivity contribution in [2.75, 3.05) is 0 Å². The Kier molecular flexibility index (Phi) is 19.7.